The van der Waals surface area contributed by atoms with E-state index in [1.54, 1.807) is 0 Å². The van der Waals surface area contributed by atoms with Crippen LogP contribution >= 0.6 is 0 Å². The molecule has 94 valence electrons. The van der Waals surface area contributed by atoms with Gasteiger partial charge in [0.05, 0.1) is 18.9 Å². The van der Waals surface area contributed by atoms with E-state index in [4.69, 9.17) is 4.74 Å². The van der Waals surface area contributed by atoms with Crippen molar-refractivity contribution in [3.05, 3.63) is 22.1 Å². The lowest BCUT2D eigenvalue weighted by molar-refractivity contribution is 0.122. The molecule has 2 heterocycles. The van der Waals surface area contributed by atoms with Crippen LogP contribution in [0.2, 0.25) is 0 Å². The highest BCUT2D eigenvalue weighted by Gasteiger charge is 2.13. The van der Waals surface area contributed by atoms with Gasteiger partial charge in [-0.25, -0.2) is 4.98 Å². The number of nitrogens with zero attached hydrogens (tertiary/aromatic N) is 2. The Morgan fingerprint density at radius 3 is 3.00 bits per heavy atom. The van der Waals surface area contributed by atoms with E-state index in [0.29, 0.717) is 25.7 Å². The van der Waals surface area contributed by atoms with Gasteiger partial charge < -0.3 is 15.0 Å². The number of rotatable bonds is 4. The van der Waals surface area contributed by atoms with Crippen LogP contribution in [0.15, 0.2) is 10.9 Å². The fourth-order valence-electron chi connectivity index (χ4n) is 1.76. The summed E-state index contributed by atoms with van der Waals surface area (Å²) in [6.45, 7) is 6.42. The molecule has 2 N–H and O–H groups in total. The third-order valence-corrected chi connectivity index (χ3v) is 2.65. The van der Waals surface area contributed by atoms with Crippen LogP contribution in [0.4, 0.5) is 5.95 Å². The zero-order chi connectivity index (χ0) is 12.1. The van der Waals surface area contributed by atoms with Gasteiger partial charge in [0.1, 0.15) is 0 Å². The highest BCUT2D eigenvalue weighted by atomic mass is 16.5. The predicted octanol–water partition coefficient (Wildman–Crippen LogP) is -0.284. The van der Waals surface area contributed by atoms with Crippen molar-refractivity contribution in [3.63, 3.8) is 0 Å². The maximum absolute atomic E-state index is 11.5. The fourth-order valence-corrected chi connectivity index (χ4v) is 1.76. The summed E-state index contributed by atoms with van der Waals surface area (Å²) in [5.41, 5.74) is 0.673. The van der Waals surface area contributed by atoms with Crippen LogP contribution in [-0.4, -0.2) is 42.8 Å². The van der Waals surface area contributed by atoms with Gasteiger partial charge in [-0.3, -0.25) is 9.78 Å². The van der Waals surface area contributed by atoms with Crippen molar-refractivity contribution in [3.8, 4) is 0 Å². The Hall–Kier alpha value is -1.40. The first kappa shape index (κ1) is 12.1. The summed E-state index contributed by atoms with van der Waals surface area (Å²) in [6, 6.07) is 1.53. The normalized spacial score (nSPS) is 16.2. The van der Waals surface area contributed by atoms with Crippen molar-refractivity contribution >= 4 is 5.95 Å². The molecule has 0 aliphatic carbocycles. The Balaban J connectivity index is 2.15. The molecule has 1 fully saturated rings. The molecule has 0 saturated carbocycles. The van der Waals surface area contributed by atoms with E-state index in [9.17, 15) is 4.79 Å². The molecule has 0 amide bonds. The summed E-state index contributed by atoms with van der Waals surface area (Å²) in [6.07, 6.45) is 0. The van der Waals surface area contributed by atoms with E-state index in [2.05, 4.69) is 15.3 Å². The van der Waals surface area contributed by atoms with Crippen molar-refractivity contribution in [2.24, 2.45) is 0 Å². The number of anilines is 1. The van der Waals surface area contributed by atoms with E-state index in [1.165, 1.54) is 6.07 Å². The zero-order valence-corrected chi connectivity index (χ0v) is 10.0. The van der Waals surface area contributed by atoms with Crippen molar-refractivity contribution in [1.82, 2.24) is 15.3 Å². The maximum atomic E-state index is 11.5. The summed E-state index contributed by atoms with van der Waals surface area (Å²) < 4.78 is 5.27. The molecule has 1 aliphatic rings. The van der Waals surface area contributed by atoms with Gasteiger partial charge in [-0.15, -0.1) is 0 Å². The van der Waals surface area contributed by atoms with Crippen molar-refractivity contribution in [2.45, 2.75) is 13.5 Å². The largest absolute Gasteiger partial charge is 0.378 e. The van der Waals surface area contributed by atoms with Gasteiger partial charge in [-0.05, 0) is 6.54 Å². The third-order valence-electron chi connectivity index (χ3n) is 2.65. The molecular formula is C11H18N4O2. The molecule has 6 nitrogen and oxygen atoms in total. The molecular weight excluding hydrogens is 220 g/mol. The average molecular weight is 238 g/mol. The first-order chi connectivity index (χ1) is 8.29. The quantitative estimate of drug-likeness (QED) is 0.754. The third kappa shape index (κ3) is 3.28. The van der Waals surface area contributed by atoms with E-state index < -0.39 is 0 Å². The first-order valence-corrected chi connectivity index (χ1v) is 5.93. The first-order valence-electron chi connectivity index (χ1n) is 5.93. The Morgan fingerprint density at radius 2 is 2.29 bits per heavy atom. The van der Waals surface area contributed by atoms with Crippen LogP contribution in [0.25, 0.3) is 0 Å². The molecule has 0 bridgehead atoms. The zero-order valence-electron chi connectivity index (χ0n) is 10.0. The fraction of sp³-hybridized carbons (Fsp3) is 0.636. The minimum Gasteiger partial charge on any atom is -0.378 e. The summed E-state index contributed by atoms with van der Waals surface area (Å²) in [7, 11) is 0. The van der Waals surface area contributed by atoms with E-state index in [-0.39, 0.29) is 5.56 Å². The summed E-state index contributed by atoms with van der Waals surface area (Å²) in [4.78, 5) is 20.8. The molecule has 0 aromatic carbocycles. The second kappa shape index (κ2) is 5.79. The van der Waals surface area contributed by atoms with Gasteiger partial charge in [0.2, 0.25) is 5.95 Å². The maximum Gasteiger partial charge on any atom is 0.252 e. The molecule has 0 radical (unpaired) electrons. The summed E-state index contributed by atoms with van der Waals surface area (Å²) in [5.74, 6) is 0.647. The molecule has 0 spiro atoms. The highest BCUT2D eigenvalue weighted by molar-refractivity contribution is 5.30. The minimum absolute atomic E-state index is 0.102. The van der Waals surface area contributed by atoms with Gasteiger partial charge in [0.15, 0.2) is 0 Å². The van der Waals surface area contributed by atoms with E-state index in [1.807, 2.05) is 11.8 Å². The van der Waals surface area contributed by atoms with Crippen LogP contribution in [0.3, 0.4) is 0 Å². The Morgan fingerprint density at radius 1 is 1.53 bits per heavy atom. The number of nitrogens with one attached hydrogen (secondary N) is 2. The second-order valence-corrected chi connectivity index (χ2v) is 3.94. The van der Waals surface area contributed by atoms with Gasteiger partial charge in [-0.2, -0.15) is 0 Å². The van der Waals surface area contributed by atoms with Crippen LogP contribution < -0.4 is 15.8 Å². The molecule has 2 rings (SSSR count). The Kier molecular flexibility index (Phi) is 4.11. The lowest BCUT2D eigenvalue weighted by Crippen LogP contribution is -2.38. The average Bonchev–Trinajstić information content (AvgIpc) is 2.37. The number of hydrogen-bond donors (Lipinski definition) is 2. The SMILES string of the molecule is CCNCc1cc(=O)[nH]c(N2CCOCC2)n1. The van der Waals surface area contributed by atoms with Gasteiger partial charge in [0, 0.05) is 25.7 Å². The Labute approximate surface area is 100 Å². The topological polar surface area (TPSA) is 70.2 Å². The van der Waals surface area contributed by atoms with Crippen LogP contribution in [0, 0.1) is 0 Å². The van der Waals surface area contributed by atoms with Gasteiger partial charge in [-0.1, -0.05) is 6.92 Å². The number of morpholine rings is 1. The second-order valence-electron chi connectivity index (χ2n) is 3.94. The Bertz CT molecular complexity index is 412. The van der Waals surface area contributed by atoms with Gasteiger partial charge >= 0.3 is 0 Å². The number of aromatic nitrogens is 2. The molecule has 1 aromatic heterocycles. The number of H-pyrrole nitrogens is 1. The predicted molar refractivity (Wildman–Crippen MR) is 65.3 cm³/mol. The molecule has 1 aromatic rings. The monoisotopic (exact) mass is 238 g/mol. The standard InChI is InChI=1S/C11H18N4O2/c1-2-12-8-9-7-10(16)14-11(13-9)15-3-5-17-6-4-15/h7,12H,2-6,8H2,1H3,(H,13,14,16). The molecule has 0 unspecified atom stereocenters. The highest BCUT2D eigenvalue weighted by Crippen LogP contribution is 2.07. The molecule has 1 aliphatic heterocycles. The van der Waals surface area contributed by atoms with Crippen molar-refractivity contribution in [2.75, 3.05) is 37.7 Å². The van der Waals surface area contributed by atoms with Gasteiger partial charge in [0.25, 0.3) is 5.56 Å². The summed E-state index contributed by atoms with van der Waals surface area (Å²) >= 11 is 0. The van der Waals surface area contributed by atoms with Crippen LogP contribution in [0.1, 0.15) is 12.6 Å². The van der Waals surface area contributed by atoms with Crippen molar-refractivity contribution in [1.29, 1.82) is 0 Å². The number of hydrogen-bond acceptors (Lipinski definition) is 5. The van der Waals surface area contributed by atoms with E-state index in [0.717, 1.165) is 25.3 Å². The lowest BCUT2D eigenvalue weighted by atomic mass is 10.4. The minimum atomic E-state index is -0.102. The van der Waals surface area contributed by atoms with Crippen LogP contribution in [-0.2, 0) is 11.3 Å². The number of aromatic amines is 1. The van der Waals surface area contributed by atoms with E-state index >= 15 is 0 Å². The molecule has 1 saturated heterocycles. The lowest BCUT2D eigenvalue weighted by Gasteiger charge is -2.27. The molecule has 0 atom stereocenters. The van der Waals surface area contributed by atoms with Crippen LogP contribution in [0.5, 0.6) is 0 Å². The smallest absolute Gasteiger partial charge is 0.252 e. The summed E-state index contributed by atoms with van der Waals surface area (Å²) in [5, 5.41) is 3.16. The van der Waals surface area contributed by atoms with Crippen molar-refractivity contribution < 1.29 is 4.74 Å². The molecule has 17 heavy (non-hydrogen) atoms. The number of ether oxygens (including phenoxy) is 1. The molecule has 6 heteroatoms.